The molecule has 4 heteroatoms. The Balaban J connectivity index is 1.67. The van der Waals surface area contributed by atoms with Crippen LogP contribution in [0.15, 0.2) is 24.3 Å². The van der Waals surface area contributed by atoms with E-state index in [1.807, 2.05) is 12.1 Å². The summed E-state index contributed by atoms with van der Waals surface area (Å²) in [6.07, 6.45) is 3.24. The Bertz CT molecular complexity index is 425. The second-order valence-electron chi connectivity index (χ2n) is 4.85. The molecule has 2 rings (SSSR count). The molecular weight excluding hydrogens is 240 g/mol. The molecule has 0 amide bonds. The summed E-state index contributed by atoms with van der Waals surface area (Å²) >= 11 is 0. The van der Waals surface area contributed by atoms with Crippen LogP contribution in [0.5, 0.6) is 5.75 Å². The Labute approximate surface area is 114 Å². The van der Waals surface area contributed by atoms with E-state index in [1.54, 1.807) is 12.1 Å². The van der Waals surface area contributed by atoms with Gasteiger partial charge in [-0.1, -0.05) is 0 Å². The van der Waals surface area contributed by atoms with E-state index >= 15 is 0 Å². The molecule has 1 atom stereocenters. The maximum atomic E-state index is 9.22. The van der Waals surface area contributed by atoms with Crippen LogP contribution < -0.4 is 4.74 Å². The molecule has 0 saturated carbocycles. The van der Waals surface area contributed by atoms with Gasteiger partial charge < -0.3 is 9.84 Å². The molecule has 1 fully saturated rings. The van der Waals surface area contributed by atoms with Crippen molar-refractivity contribution in [2.24, 2.45) is 0 Å². The van der Waals surface area contributed by atoms with E-state index in [0.29, 0.717) is 18.2 Å². The fraction of sp³-hybridized carbons (Fsp3) is 0.533. The van der Waals surface area contributed by atoms with Crippen LogP contribution in [0.1, 0.15) is 24.8 Å². The number of aliphatic hydroxyl groups is 1. The molecule has 0 radical (unpaired) electrons. The van der Waals surface area contributed by atoms with Crippen LogP contribution in [-0.4, -0.2) is 42.4 Å². The first kappa shape index (κ1) is 13.9. The van der Waals surface area contributed by atoms with Gasteiger partial charge in [-0.15, -0.1) is 0 Å². The number of aliphatic hydroxyl groups excluding tert-OH is 1. The van der Waals surface area contributed by atoms with Crippen LogP contribution in [0.2, 0.25) is 0 Å². The van der Waals surface area contributed by atoms with E-state index < -0.39 is 0 Å². The highest BCUT2D eigenvalue weighted by Gasteiger charge is 2.22. The Kier molecular flexibility index (Phi) is 5.20. The van der Waals surface area contributed by atoms with Crippen molar-refractivity contribution in [3.8, 4) is 11.8 Å². The molecule has 19 heavy (non-hydrogen) atoms. The maximum Gasteiger partial charge on any atom is 0.119 e. The van der Waals surface area contributed by atoms with E-state index in [0.717, 1.165) is 31.7 Å². The van der Waals surface area contributed by atoms with Gasteiger partial charge in [-0.25, -0.2) is 0 Å². The number of hydrogen-bond donors (Lipinski definition) is 1. The summed E-state index contributed by atoms with van der Waals surface area (Å²) < 4.78 is 5.64. The molecule has 1 unspecified atom stereocenters. The van der Waals surface area contributed by atoms with E-state index in [1.165, 1.54) is 6.42 Å². The van der Waals surface area contributed by atoms with Gasteiger partial charge in [0.2, 0.25) is 0 Å². The number of likely N-dealkylation sites (tertiary alicyclic amines) is 1. The van der Waals surface area contributed by atoms with E-state index in [9.17, 15) is 5.11 Å². The zero-order valence-corrected chi connectivity index (χ0v) is 11.1. The summed E-state index contributed by atoms with van der Waals surface area (Å²) in [5.74, 6) is 0.805. The standard InChI is InChI=1S/C15H20N2O2/c16-11-13-4-6-15(7-5-13)19-10-2-9-17-8-1-3-14(17)12-18/h4-7,14,18H,1-3,8-10,12H2. The Morgan fingerprint density at radius 2 is 2.16 bits per heavy atom. The molecule has 1 aliphatic heterocycles. The van der Waals surface area contributed by atoms with Crippen LogP contribution in [-0.2, 0) is 0 Å². The normalized spacial score (nSPS) is 19.3. The minimum atomic E-state index is 0.260. The first-order valence-corrected chi connectivity index (χ1v) is 6.81. The van der Waals surface area contributed by atoms with Gasteiger partial charge in [-0.2, -0.15) is 5.26 Å². The van der Waals surface area contributed by atoms with Crippen molar-refractivity contribution < 1.29 is 9.84 Å². The lowest BCUT2D eigenvalue weighted by Crippen LogP contribution is -2.33. The number of ether oxygens (including phenoxy) is 1. The SMILES string of the molecule is N#Cc1ccc(OCCCN2CCCC2CO)cc1. The van der Waals surface area contributed by atoms with Crippen LogP contribution in [0.3, 0.4) is 0 Å². The largest absolute Gasteiger partial charge is 0.494 e. The zero-order chi connectivity index (χ0) is 13.5. The molecule has 1 heterocycles. The summed E-state index contributed by atoms with van der Waals surface area (Å²) in [6.45, 7) is 2.99. The zero-order valence-electron chi connectivity index (χ0n) is 11.1. The van der Waals surface area contributed by atoms with Crippen LogP contribution in [0.25, 0.3) is 0 Å². The maximum absolute atomic E-state index is 9.22. The first-order chi connectivity index (χ1) is 9.33. The van der Waals surface area contributed by atoms with E-state index in [2.05, 4.69) is 11.0 Å². The highest BCUT2D eigenvalue weighted by atomic mass is 16.5. The van der Waals surface area contributed by atoms with Crippen molar-refractivity contribution >= 4 is 0 Å². The number of rotatable bonds is 6. The average Bonchev–Trinajstić information content (AvgIpc) is 2.91. The van der Waals surface area contributed by atoms with Gasteiger partial charge in [0.1, 0.15) is 5.75 Å². The highest BCUT2D eigenvalue weighted by Crippen LogP contribution is 2.17. The predicted octanol–water partition coefficient (Wildman–Crippen LogP) is 1.78. The lowest BCUT2D eigenvalue weighted by atomic mass is 10.2. The lowest BCUT2D eigenvalue weighted by Gasteiger charge is -2.22. The monoisotopic (exact) mass is 260 g/mol. The minimum Gasteiger partial charge on any atom is -0.494 e. The van der Waals surface area contributed by atoms with Crippen LogP contribution in [0.4, 0.5) is 0 Å². The summed E-state index contributed by atoms with van der Waals surface area (Å²) in [7, 11) is 0. The van der Waals surface area contributed by atoms with E-state index in [-0.39, 0.29) is 6.61 Å². The quantitative estimate of drug-likeness (QED) is 0.792. The average molecular weight is 260 g/mol. The molecule has 0 aromatic heterocycles. The first-order valence-electron chi connectivity index (χ1n) is 6.81. The highest BCUT2D eigenvalue weighted by molar-refractivity contribution is 5.34. The van der Waals surface area contributed by atoms with Crippen molar-refractivity contribution in [2.75, 3.05) is 26.3 Å². The van der Waals surface area contributed by atoms with Crippen molar-refractivity contribution in [3.63, 3.8) is 0 Å². The summed E-state index contributed by atoms with van der Waals surface area (Å²) in [6, 6.07) is 9.60. The Hall–Kier alpha value is -1.57. The molecule has 1 N–H and O–H groups in total. The third kappa shape index (κ3) is 3.95. The third-order valence-corrected chi connectivity index (χ3v) is 3.55. The summed E-state index contributed by atoms with van der Waals surface area (Å²) in [4.78, 5) is 2.34. The van der Waals surface area contributed by atoms with Crippen molar-refractivity contribution in [1.82, 2.24) is 4.90 Å². The molecule has 0 spiro atoms. The van der Waals surface area contributed by atoms with Gasteiger partial charge in [0, 0.05) is 12.6 Å². The van der Waals surface area contributed by atoms with Crippen molar-refractivity contribution in [3.05, 3.63) is 29.8 Å². The predicted molar refractivity (Wildman–Crippen MR) is 72.9 cm³/mol. The molecule has 1 saturated heterocycles. The van der Waals surface area contributed by atoms with Gasteiger partial charge in [0.25, 0.3) is 0 Å². The van der Waals surface area contributed by atoms with Crippen molar-refractivity contribution in [2.45, 2.75) is 25.3 Å². The van der Waals surface area contributed by atoms with Gasteiger partial charge in [0.15, 0.2) is 0 Å². The topological polar surface area (TPSA) is 56.5 Å². The molecule has 0 bridgehead atoms. The number of hydrogen-bond acceptors (Lipinski definition) is 4. The second kappa shape index (κ2) is 7.13. The number of benzene rings is 1. The summed E-state index contributed by atoms with van der Waals surface area (Å²) in [5.41, 5.74) is 0.648. The number of nitriles is 1. The summed E-state index contributed by atoms with van der Waals surface area (Å²) in [5, 5.41) is 17.9. The van der Waals surface area contributed by atoms with Gasteiger partial charge in [-0.05, 0) is 50.1 Å². The fourth-order valence-electron chi connectivity index (χ4n) is 2.48. The molecular formula is C15H20N2O2. The molecule has 102 valence electrons. The molecule has 0 aliphatic carbocycles. The lowest BCUT2D eigenvalue weighted by molar-refractivity contribution is 0.150. The second-order valence-corrected chi connectivity index (χ2v) is 4.85. The molecule has 1 aliphatic rings. The van der Waals surface area contributed by atoms with E-state index in [4.69, 9.17) is 10.00 Å². The van der Waals surface area contributed by atoms with Gasteiger partial charge in [0.05, 0.1) is 24.8 Å². The third-order valence-electron chi connectivity index (χ3n) is 3.55. The molecule has 4 nitrogen and oxygen atoms in total. The Morgan fingerprint density at radius 1 is 1.37 bits per heavy atom. The smallest absolute Gasteiger partial charge is 0.119 e. The van der Waals surface area contributed by atoms with Crippen molar-refractivity contribution in [1.29, 1.82) is 5.26 Å². The van der Waals surface area contributed by atoms with Crippen LogP contribution >= 0.6 is 0 Å². The fourth-order valence-corrected chi connectivity index (χ4v) is 2.48. The van der Waals surface area contributed by atoms with Crippen LogP contribution in [0, 0.1) is 11.3 Å². The molecule has 1 aromatic rings. The Morgan fingerprint density at radius 3 is 2.84 bits per heavy atom. The molecule has 1 aromatic carbocycles. The number of nitrogens with zero attached hydrogens (tertiary/aromatic N) is 2. The van der Waals surface area contributed by atoms with Gasteiger partial charge >= 0.3 is 0 Å². The minimum absolute atomic E-state index is 0.260. The van der Waals surface area contributed by atoms with Gasteiger partial charge in [-0.3, -0.25) is 4.90 Å².